The minimum absolute atomic E-state index is 0.103. The second kappa shape index (κ2) is 6.91. The molecule has 4 heterocycles. The van der Waals surface area contributed by atoms with Gasteiger partial charge in [-0.25, -0.2) is 9.67 Å². The maximum atomic E-state index is 12.8. The second-order valence-electron chi connectivity index (χ2n) is 6.51. The summed E-state index contributed by atoms with van der Waals surface area (Å²) in [6.45, 7) is 1.68. The molecule has 4 rings (SSSR count). The predicted octanol–water partition coefficient (Wildman–Crippen LogP) is 3.18. The Morgan fingerprint density at radius 1 is 1.19 bits per heavy atom. The number of aromatic nitrogens is 4. The van der Waals surface area contributed by atoms with Gasteiger partial charge in [0.15, 0.2) is 10.8 Å². The molecule has 0 aromatic carbocycles. The first-order chi connectivity index (χ1) is 12.9. The van der Waals surface area contributed by atoms with E-state index in [1.807, 2.05) is 6.07 Å². The molecule has 1 aliphatic rings. The van der Waals surface area contributed by atoms with Crippen molar-refractivity contribution in [3.05, 3.63) is 46.6 Å². The largest absolute Gasteiger partial charge is 0.435 e. The Bertz CT molecular complexity index is 974. The van der Waals surface area contributed by atoms with Gasteiger partial charge in [-0.15, -0.1) is 0 Å². The Kier molecular flexibility index (Phi) is 4.58. The third kappa shape index (κ3) is 3.80. The Morgan fingerprint density at radius 3 is 2.67 bits per heavy atom. The van der Waals surface area contributed by atoms with Crippen molar-refractivity contribution in [2.45, 2.75) is 25.6 Å². The van der Waals surface area contributed by atoms with E-state index in [1.165, 1.54) is 0 Å². The number of hydrogen-bond acceptors (Lipinski definition) is 6. The molecule has 0 N–H and O–H groups in total. The van der Waals surface area contributed by atoms with Crippen LogP contribution in [0.15, 0.2) is 35.4 Å². The fourth-order valence-electron chi connectivity index (χ4n) is 3.19. The summed E-state index contributed by atoms with van der Waals surface area (Å²) in [5, 5.41) is 4.41. The summed E-state index contributed by atoms with van der Waals surface area (Å²) in [7, 11) is 0. The van der Waals surface area contributed by atoms with Crippen molar-refractivity contribution in [3.63, 3.8) is 0 Å². The van der Waals surface area contributed by atoms with E-state index < -0.39 is 17.4 Å². The molecule has 1 fully saturated rings. The minimum Gasteiger partial charge on any atom is -0.348 e. The monoisotopic (exact) mass is 395 g/mol. The second-order valence-corrected chi connectivity index (χ2v) is 7.52. The maximum absolute atomic E-state index is 12.8. The third-order valence-electron chi connectivity index (χ3n) is 4.65. The van der Waals surface area contributed by atoms with E-state index in [9.17, 15) is 18.0 Å². The molecule has 0 bridgehead atoms. The molecule has 10 heteroatoms. The van der Waals surface area contributed by atoms with Crippen molar-refractivity contribution in [2.75, 3.05) is 18.0 Å². The van der Waals surface area contributed by atoms with Gasteiger partial charge in [0.05, 0.1) is 10.9 Å². The lowest BCUT2D eigenvalue weighted by atomic mass is 9.97. The van der Waals surface area contributed by atoms with E-state index in [2.05, 4.69) is 20.0 Å². The highest BCUT2D eigenvalue weighted by atomic mass is 32.1. The molecular weight excluding hydrogens is 379 g/mol. The Morgan fingerprint density at radius 2 is 1.96 bits per heavy atom. The molecule has 1 saturated heterocycles. The molecule has 142 valence electrons. The smallest absolute Gasteiger partial charge is 0.348 e. The van der Waals surface area contributed by atoms with Crippen molar-refractivity contribution >= 4 is 26.7 Å². The van der Waals surface area contributed by atoms with Gasteiger partial charge in [-0.1, -0.05) is 11.3 Å². The highest BCUT2D eigenvalue weighted by molar-refractivity contribution is 7.22. The molecule has 0 spiro atoms. The van der Waals surface area contributed by atoms with Gasteiger partial charge in [0.1, 0.15) is 5.52 Å². The van der Waals surface area contributed by atoms with Crippen LogP contribution in [-0.2, 0) is 12.7 Å². The maximum Gasteiger partial charge on any atom is 0.435 e. The van der Waals surface area contributed by atoms with E-state index in [4.69, 9.17) is 0 Å². The van der Waals surface area contributed by atoms with Crippen molar-refractivity contribution in [1.29, 1.82) is 0 Å². The summed E-state index contributed by atoms with van der Waals surface area (Å²) in [6.07, 6.45) is 0.432. The summed E-state index contributed by atoms with van der Waals surface area (Å²) in [5.74, 6) is 0.103. The number of nitrogens with zero attached hydrogens (tertiary/aromatic N) is 5. The van der Waals surface area contributed by atoms with Gasteiger partial charge < -0.3 is 4.90 Å². The molecular formula is C17H16F3N5OS. The average molecular weight is 395 g/mol. The van der Waals surface area contributed by atoms with Crippen molar-refractivity contribution < 1.29 is 13.2 Å². The van der Waals surface area contributed by atoms with E-state index in [-0.39, 0.29) is 12.5 Å². The first-order valence-electron chi connectivity index (χ1n) is 8.51. The number of piperidine rings is 1. The van der Waals surface area contributed by atoms with E-state index in [0.717, 1.165) is 58.1 Å². The first-order valence-corrected chi connectivity index (χ1v) is 9.33. The van der Waals surface area contributed by atoms with Gasteiger partial charge >= 0.3 is 6.18 Å². The van der Waals surface area contributed by atoms with Crippen LogP contribution in [0.2, 0.25) is 0 Å². The van der Waals surface area contributed by atoms with E-state index in [1.54, 1.807) is 23.7 Å². The first kappa shape index (κ1) is 17.9. The molecule has 0 unspecified atom stereocenters. The zero-order chi connectivity index (χ0) is 19.0. The zero-order valence-electron chi connectivity index (χ0n) is 14.2. The van der Waals surface area contributed by atoms with Gasteiger partial charge in [0.25, 0.3) is 5.56 Å². The number of halogens is 3. The third-order valence-corrected chi connectivity index (χ3v) is 5.75. The number of rotatable bonds is 3. The lowest BCUT2D eigenvalue weighted by molar-refractivity contribution is -0.142. The lowest BCUT2D eigenvalue weighted by Gasteiger charge is -2.31. The van der Waals surface area contributed by atoms with Crippen LogP contribution >= 0.6 is 11.3 Å². The van der Waals surface area contributed by atoms with Crippen LogP contribution in [-0.4, -0.2) is 32.8 Å². The van der Waals surface area contributed by atoms with E-state index in [0.29, 0.717) is 0 Å². The zero-order valence-corrected chi connectivity index (χ0v) is 15.0. The molecule has 1 aliphatic heterocycles. The van der Waals surface area contributed by atoms with Gasteiger partial charge in [0.2, 0.25) is 0 Å². The summed E-state index contributed by atoms with van der Waals surface area (Å²) in [5.41, 5.74) is -0.689. The van der Waals surface area contributed by atoms with Crippen LogP contribution in [0.3, 0.4) is 0 Å². The molecule has 3 aromatic heterocycles. The highest BCUT2D eigenvalue weighted by Crippen LogP contribution is 2.31. The summed E-state index contributed by atoms with van der Waals surface area (Å²) in [4.78, 5) is 22.7. The van der Waals surface area contributed by atoms with Crippen LogP contribution in [0.25, 0.3) is 10.2 Å². The van der Waals surface area contributed by atoms with Crippen molar-refractivity contribution in [2.24, 2.45) is 5.92 Å². The standard InChI is InChI=1S/C17H16F3N5OS/c18-17(19,20)14-1-2-15(26)25(23-14)10-11-4-7-24(8-5-11)16-22-12-9-21-6-3-13(12)27-16/h1-3,6,9,11H,4-5,7-8,10H2. The SMILES string of the molecule is O=c1ccc(C(F)(F)F)nn1CC1CCN(c2nc3cnccc3s2)CC1. The fourth-order valence-corrected chi connectivity index (χ4v) is 4.17. The number of pyridine rings is 1. The number of fused-ring (bicyclic) bond motifs is 1. The number of anilines is 1. The van der Waals surface area contributed by atoms with Crippen LogP contribution in [0.1, 0.15) is 18.5 Å². The number of thiazole rings is 1. The predicted molar refractivity (Wildman–Crippen MR) is 95.9 cm³/mol. The van der Waals surface area contributed by atoms with Crippen LogP contribution < -0.4 is 10.5 Å². The molecule has 27 heavy (non-hydrogen) atoms. The van der Waals surface area contributed by atoms with Crippen LogP contribution in [0, 0.1) is 5.92 Å². The molecule has 6 nitrogen and oxygen atoms in total. The normalized spacial score (nSPS) is 16.2. The number of hydrogen-bond donors (Lipinski definition) is 0. The van der Waals surface area contributed by atoms with Crippen molar-refractivity contribution in [3.8, 4) is 0 Å². The molecule has 0 amide bonds. The molecule has 0 saturated carbocycles. The Hall–Kier alpha value is -2.49. The molecule has 0 radical (unpaired) electrons. The summed E-state index contributed by atoms with van der Waals surface area (Å²) >= 11 is 1.60. The quantitative estimate of drug-likeness (QED) is 0.682. The molecule has 0 aliphatic carbocycles. The summed E-state index contributed by atoms with van der Waals surface area (Å²) in [6, 6.07) is 3.58. The van der Waals surface area contributed by atoms with Gasteiger partial charge in [-0.3, -0.25) is 9.78 Å². The highest BCUT2D eigenvalue weighted by Gasteiger charge is 2.33. The fraction of sp³-hybridized carbons (Fsp3) is 0.412. The van der Waals surface area contributed by atoms with Gasteiger partial charge in [0, 0.05) is 31.9 Å². The average Bonchev–Trinajstić information content (AvgIpc) is 3.07. The minimum atomic E-state index is -4.56. The van der Waals surface area contributed by atoms with Crippen molar-refractivity contribution in [1.82, 2.24) is 19.7 Å². The summed E-state index contributed by atoms with van der Waals surface area (Å²) < 4.78 is 40.4. The van der Waals surface area contributed by atoms with Crippen LogP contribution in [0.5, 0.6) is 0 Å². The molecule has 3 aromatic rings. The molecule has 0 atom stereocenters. The Balaban J connectivity index is 1.43. The Labute approximate surface area is 156 Å². The van der Waals surface area contributed by atoms with Crippen LogP contribution in [0.4, 0.5) is 18.3 Å². The lowest BCUT2D eigenvalue weighted by Crippen LogP contribution is -2.37. The number of alkyl halides is 3. The topological polar surface area (TPSA) is 63.9 Å². The van der Waals surface area contributed by atoms with Gasteiger partial charge in [-0.05, 0) is 30.9 Å². The van der Waals surface area contributed by atoms with E-state index >= 15 is 0 Å². The van der Waals surface area contributed by atoms with Gasteiger partial charge in [-0.2, -0.15) is 18.3 Å².